The first-order chi connectivity index (χ1) is 12.1. The minimum Gasteiger partial charge on any atom is -0.493 e. The maximum Gasteiger partial charge on any atom is 0.163 e. The van der Waals surface area contributed by atoms with Crippen LogP contribution in [-0.2, 0) is 13.0 Å². The molecule has 0 amide bonds. The molecule has 1 fully saturated rings. The van der Waals surface area contributed by atoms with Gasteiger partial charge in [0.2, 0.25) is 0 Å². The van der Waals surface area contributed by atoms with Crippen LogP contribution in [0, 0.1) is 17.6 Å². The van der Waals surface area contributed by atoms with E-state index in [1.54, 1.807) is 26.4 Å². The first-order valence-electron chi connectivity index (χ1n) is 8.47. The third-order valence-electron chi connectivity index (χ3n) is 4.77. The Balaban J connectivity index is 1.61. The Kier molecular flexibility index (Phi) is 5.53. The van der Waals surface area contributed by atoms with Crippen LogP contribution in [0.1, 0.15) is 17.5 Å². The number of methoxy groups -OCH3 is 2. The van der Waals surface area contributed by atoms with Crippen LogP contribution in [0.4, 0.5) is 8.78 Å². The highest BCUT2D eigenvalue weighted by molar-refractivity contribution is 5.43. The number of hydrogen-bond acceptors (Lipinski definition) is 3. The Bertz CT molecular complexity index is 736. The summed E-state index contributed by atoms with van der Waals surface area (Å²) in [5.74, 6) is 0.441. The zero-order valence-electron chi connectivity index (χ0n) is 14.6. The minimum absolute atomic E-state index is 0.423. The molecule has 1 atom stereocenters. The summed E-state index contributed by atoms with van der Waals surface area (Å²) in [6, 6.07) is 10.3. The van der Waals surface area contributed by atoms with Gasteiger partial charge in [0, 0.05) is 18.7 Å². The van der Waals surface area contributed by atoms with Crippen molar-refractivity contribution in [2.45, 2.75) is 19.4 Å². The predicted octanol–water partition coefficient (Wildman–Crippen LogP) is 4.05. The van der Waals surface area contributed by atoms with Gasteiger partial charge < -0.3 is 9.47 Å². The smallest absolute Gasteiger partial charge is 0.163 e. The van der Waals surface area contributed by atoms with Crippen molar-refractivity contribution in [1.29, 1.82) is 0 Å². The summed E-state index contributed by atoms with van der Waals surface area (Å²) in [6.07, 6.45) is 1.98. The van der Waals surface area contributed by atoms with Crippen molar-refractivity contribution >= 4 is 0 Å². The average Bonchev–Trinajstić information content (AvgIpc) is 3.05. The standard InChI is InChI=1S/C20H23F2NO2/c1-24-18-7-6-14(11-19(18)25-2)10-15-8-9-23(12-15)13-16-4-3-5-17(21)20(16)22/h3-7,11,15H,8-10,12-13H2,1-2H3. The zero-order chi connectivity index (χ0) is 17.8. The first kappa shape index (κ1) is 17.7. The molecule has 5 heteroatoms. The highest BCUT2D eigenvalue weighted by Crippen LogP contribution is 2.30. The number of ether oxygens (including phenoxy) is 2. The van der Waals surface area contributed by atoms with Crippen molar-refractivity contribution in [2.24, 2.45) is 5.92 Å². The van der Waals surface area contributed by atoms with Crippen molar-refractivity contribution in [2.75, 3.05) is 27.3 Å². The zero-order valence-corrected chi connectivity index (χ0v) is 14.6. The molecule has 0 N–H and O–H groups in total. The van der Waals surface area contributed by atoms with E-state index in [0.717, 1.165) is 43.5 Å². The second-order valence-electron chi connectivity index (χ2n) is 6.50. The molecule has 1 saturated heterocycles. The van der Waals surface area contributed by atoms with Gasteiger partial charge in [0.1, 0.15) is 0 Å². The van der Waals surface area contributed by atoms with Gasteiger partial charge in [0.15, 0.2) is 23.1 Å². The van der Waals surface area contributed by atoms with Gasteiger partial charge in [-0.25, -0.2) is 8.78 Å². The molecule has 0 radical (unpaired) electrons. The van der Waals surface area contributed by atoms with E-state index in [1.807, 2.05) is 12.1 Å². The molecular formula is C20H23F2NO2. The van der Waals surface area contributed by atoms with Crippen LogP contribution in [-0.4, -0.2) is 32.2 Å². The molecule has 25 heavy (non-hydrogen) atoms. The largest absolute Gasteiger partial charge is 0.493 e. The molecule has 0 saturated carbocycles. The molecule has 0 aromatic heterocycles. The third-order valence-corrected chi connectivity index (χ3v) is 4.77. The van der Waals surface area contributed by atoms with Crippen LogP contribution in [0.25, 0.3) is 0 Å². The Morgan fingerprint density at radius 2 is 1.88 bits per heavy atom. The van der Waals surface area contributed by atoms with Gasteiger partial charge in [-0.05, 0) is 49.1 Å². The summed E-state index contributed by atoms with van der Waals surface area (Å²) in [5.41, 5.74) is 1.62. The molecule has 1 unspecified atom stereocenters. The Hall–Kier alpha value is -2.14. The highest BCUT2D eigenvalue weighted by Gasteiger charge is 2.24. The topological polar surface area (TPSA) is 21.7 Å². The van der Waals surface area contributed by atoms with E-state index < -0.39 is 11.6 Å². The number of nitrogens with zero attached hydrogens (tertiary/aromatic N) is 1. The summed E-state index contributed by atoms with van der Waals surface area (Å²) in [4.78, 5) is 2.18. The highest BCUT2D eigenvalue weighted by atomic mass is 19.2. The SMILES string of the molecule is COc1ccc(CC2CCN(Cc3cccc(F)c3F)C2)cc1OC. The molecular weight excluding hydrogens is 324 g/mol. The van der Waals surface area contributed by atoms with E-state index >= 15 is 0 Å². The molecule has 0 bridgehead atoms. The summed E-state index contributed by atoms with van der Waals surface area (Å²) >= 11 is 0. The average molecular weight is 347 g/mol. The van der Waals surface area contributed by atoms with E-state index in [4.69, 9.17) is 9.47 Å². The monoisotopic (exact) mass is 347 g/mol. The molecule has 1 aliphatic rings. The number of hydrogen-bond donors (Lipinski definition) is 0. The summed E-state index contributed by atoms with van der Waals surface area (Å²) in [5, 5.41) is 0. The van der Waals surface area contributed by atoms with Gasteiger partial charge in [0.25, 0.3) is 0 Å². The van der Waals surface area contributed by atoms with Crippen LogP contribution >= 0.6 is 0 Å². The van der Waals surface area contributed by atoms with Gasteiger partial charge in [-0.3, -0.25) is 4.90 Å². The van der Waals surface area contributed by atoms with Gasteiger partial charge in [-0.15, -0.1) is 0 Å². The minimum atomic E-state index is -0.779. The Morgan fingerprint density at radius 3 is 2.64 bits per heavy atom. The molecule has 0 aliphatic carbocycles. The number of likely N-dealkylation sites (tertiary alicyclic amines) is 1. The molecule has 0 spiro atoms. The van der Waals surface area contributed by atoms with Gasteiger partial charge in [-0.1, -0.05) is 18.2 Å². The van der Waals surface area contributed by atoms with Crippen molar-refractivity contribution in [3.8, 4) is 11.5 Å². The van der Waals surface area contributed by atoms with Crippen molar-refractivity contribution in [1.82, 2.24) is 4.90 Å². The lowest BCUT2D eigenvalue weighted by molar-refractivity contribution is 0.308. The maximum atomic E-state index is 13.8. The molecule has 1 heterocycles. The fraction of sp³-hybridized carbons (Fsp3) is 0.400. The Morgan fingerprint density at radius 1 is 1.08 bits per heavy atom. The Labute approximate surface area is 147 Å². The predicted molar refractivity (Wildman–Crippen MR) is 93.0 cm³/mol. The van der Waals surface area contributed by atoms with E-state index in [1.165, 1.54) is 5.56 Å². The normalized spacial score (nSPS) is 17.7. The molecule has 134 valence electrons. The lowest BCUT2D eigenvalue weighted by Crippen LogP contribution is -2.21. The first-order valence-corrected chi connectivity index (χ1v) is 8.47. The van der Waals surface area contributed by atoms with Gasteiger partial charge in [0.05, 0.1) is 14.2 Å². The molecule has 3 rings (SSSR count). The number of benzene rings is 2. The van der Waals surface area contributed by atoms with E-state index in [2.05, 4.69) is 11.0 Å². The maximum absolute atomic E-state index is 13.8. The molecule has 2 aromatic rings. The van der Waals surface area contributed by atoms with E-state index in [-0.39, 0.29) is 0 Å². The van der Waals surface area contributed by atoms with Crippen LogP contribution in [0.3, 0.4) is 0 Å². The van der Waals surface area contributed by atoms with Crippen molar-refractivity contribution in [3.05, 3.63) is 59.2 Å². The van der Waals surface area contributed by atoms with E-state index in [9.17, 15) is 8.78 Å². The van der Waals surface area contributed by atoms with Crippen LogP contribution in [0.15, 0.2) is 36.4 Å². The van der Waals surface area contributed by atoms with Crippen molar-refractivity contribution < 1.29 is 18.3 Å². The molecule has 1 aliphatic heterocycles. The summed E-state index contributed by atoms with van der Waals surface area (Å²) in [7, 11) is 3.25. The van der Waals surface area contributed by atoms with Crippen LogP contribution < -0.4 is 9.47 Å². The second kappa shape index (κ2) is 7.83. The molecule has 3 nitrogen and oxygen atoms in total. The van der Waals surface area contributed by atoms with Gasteiger partial charge >= 0.3 is 0 Å². The number of halogens is 2. The van der Waals surface area contributed by atoms with Crippen LogP contribution in [0.5, 0.6) is 11.5 Å². The summed E-state index contributed by atoms with van der Waals surface area (Å²) in [6.45, 7) is 2.23. The second-order valence-corrected chi connectivity index (χ2v) is 6.50. The van der Waals surface area contributed by atoms with Gasteiger partial charge in [-0.2, -0.15) is 0 Å². The fourth-order valence-electron chi connectivity index (χ4n) is 3.48. The quantitative estimate of drug-likeness (QED) is 0.787. The number of rotatable bonds is 6. The lowest BCUT2D eigenvalue weighted by Gasteiger charge is -2.17. The van der Waals surface area contributed by atoms with Crippen molar-refractivity contribution in [3.63, 3.8) is 0 Å². The van der Waals surface area contributed by atoms with E-state index in [0.29, 0.717) is 18.0 Å². The molecule has 2 aromatic carbocycles. The van der Waals surface area contributed by atoms with Crippen LogP contribution in [0.2, 0.25) is 0 Å². The third kappa shape index (κ3) is 4.10. The summed E-state index contributed by atoms with van der Waals surface area (Å²) < 4.78 is 37.8. The fourth-order valence-corrected chi connectivity index (χ4v) is 3.48. The lowest BCUT2D eigenvalue weighted by atomic mass is 9.98.